The first-order valence-corrected chi connectivity index (χ1v) is 9.29. The Morgan fingerprint density at radius 2 is 2.04 bits per heavy atom. The number of likely N-dealkylation sites (tertiary alicyclic amines) is 1. The molecule has 1 amide bonds. The zero-order chi connectivity index (χ0) is 18.8. The van der Waals surface area contributed by atoms with Crippen molar-refractivity contribution < 1.29 is 13.6 Å². The number of hydrogen-bond donors (Lipinski definition) is 1. The van der Waals surface area contributed by atoms with Crippen LogP contribution < -0.4 is 5.32 Å². The van der Waals surface area contributed by atoms with Crippen molar-refractivity contribution in [1.82, 2.24) is 9.88 Å². The van der Waals surface area contributed by atoms with Gasteiger partial charge >= 0.3 is 0 Å². The summed E-state index contributed by atoms with van der Waals surface area (Å²) < 4.78 is 19.1. The molecule has 7 heteroatoms. The first kappa shape index (κ1) is 17.9. The van der Waals surface area contributed by atoms with E-state index in [1.165, 1.54) is 18.2 Å². The first-order chi connectivity index (χ1) is 13.1. The number of carbonyl (C=O) groups excluding carboxylic acids is 1. The molecule has 5 nitrogen and oxygen atoms in total. The number of hydrogen-bond acceptors (Lipinski definition) is 4. The molecule has 2 aromatic carbocycles. The van der Waals surface area contributed by atoms with Crippen molar-refractivity contribution >= 4 is 34.3 Å². The van der Waals surface area contributed by atoms with Gasteiger partial charge in [0.1, 0.15) is 11.3 Å². The molecule has 3 aromatic rings. The molecule has 0 saturated carbocycles. The van der Waals surface area contributed by atoms with Crippen molar-refractivity contribution in [1.29, 1.82) is 0 Å². The predicted molar refractivity (Wildman–Crippen MR) is 102 cm³/mol. The minimum Gasteiger partial charge on any atom is -0.440 e. The number of anilines is 1. The molecule has 1 aliphatic rings. The lowest BCUT2D eigenvalue weighted by Gasteiger charge is -2.29. The summed E-state index contributed by atoms with van der Waals surface area (Å²) in [4.78, 5) is 18.9. The van der Waals surface area contributed by atoms with Gasteiger partial charge in [0, 0.05) is 11.6 Å². The highest BCUT2D eigenvalue weighted by molar-refractivity contribution is 6.31. The van der Waals surface area contributed by atoms with Crippen LogP contribution in [0.3, 0.4) is 0 Å². The topological polar surface area (TPSA) is 58.4 Å². The van der Waals surface area contributed by atoms with Crippen LogP contribution in [-0.2, 0) is 4.79 Å². The van der Waals surface area contributed by atoms with Crippen LogP contribution in [0.4, 0.5) is 10.1 Å². The molecule has 1 aromatic heterocycles. The number of halogens is 2. The maximum Gasteiger partial charge on any atom is 0.238 e. The molecule has 1 saturated heterocycles. The second-order valence-electron chi connectivity index (χ2n) is 6.75. The van der Waals surface area contributed by atoms with Gasteiger partial charge in [-0.1, -0.05) is 23.7 Å². The molecule has 1 aliphatic heterocycles. The van der Waals surface area contributed by atoms with Crippen LogP contribution in [0.1, 0.15) is 24.7 Å². The van der Waals surface area contributed by atoms with Crippen LogP contribution >= 0.6 is 11.6 Å². The van der Waals surface area contributed by atoms with Gasteiger partial charge in [-0.25, -0.2) is 9.37 Å². The van der Waals surface area contributed by atoms with Gasteiger partial charge in [-0.2, -0.15) is 0 Å². The first-order valence-electron chi connectivity index (χ1n) is 8.91. The van der Waals surface area contributed by atoms with Crippen molar-refractivity contribution in [3.8, 4) is 0 Å². The third kappa shape index (κ3) is 4.12. The SMILES string of the molecule is O=C(CN1CCC(c2nc3ccccc3o2)CC1)Nc1ccc(F)c(Cl)c1. The minimum absolute atomic E-state index is 0.00745. The van der Waals surface area contributed by atoms with Crippen molar-refractivity contribution in [2.75, 3.05) is 25.0 Å². The zero-order valence-electron chi connectivity index (χ0n) is 14.6. The molecule has 0 spiro atoms. The van der Waals surface area contributed by atoms with Crippen LogP contribution in [0.2, 0.25) is 5.02 Å². The molecule has 140 valence electrons. The van der Waals surface area contributed by atoms with E-state index >= 15 is 0 Å². The van der Waals surface area contributed by atoms with Gasteiger partial charge in [-0.05, 0) is 56.3 Å². The smallest absolute Gasteiger partial charge is 0.238 e. The van der Waals surface area contributed by atoms with E-state index in [-0.39, 0.29) is 23.4 Å². The monoisotopic (exact) mass is 387 g/mol. The molecule has 0 atom stereocenters. The highest BCUT2D eigenvalue weighted by atomic mass is 35.5. The lowest BCUT2D eigenvalue weighted by atomic mass is 9.97. The number of rotatable bonds is 4. The average molecular weight is 388 g/mol. The van der Waals surface area contributed by atoms with Gasteiger partial charge in [0.15, 0.2) is 11.5 Å². The number of para-hydroxylation sites is 2. The Balaban J connectivity index is 1.31. The van der Waals surface area contributed by atoms with Gasteiger partial charge in [-0.3, -0.25) is 9.69 Å². The van der Waals surface area contributed by atoms with Crippen molar-refractivity contribution in [3.05, 3.63) is 59.2 Å². The van der Waals surface area contributed by atoms with Crippen LogP contribution in [0.15, 0.2) is 46.9 Å². The van der Waals surface area contributed by atoms with Crippen molar-refractivity contribution in [3.63, 3.8) is 0 Å². The number of amides is 1. The predicted octanol–water partition coefficient (Wildman–Crippen LogP) is 4.44. The highest BCUT2D eigenvalue weighted by Crippen LogP contribution is 2.29. The van der Waals surface area contributed by atoms with Gasteiger partial charge in [0.2, 0.25) is 5.91 Å². The second kappa shape index (κ2) is 7.66. The van der Waals surface area contributed by atoms with Gasteiger partial charge in [0.05, 0.1) is 11.6 Å². The third-order valence-corrected chi connectivity index (χ3v) is 5.11. The molecule has 4 rings (SSSR count). The number of nitrogens with zero attached hydrogens (tertiary/aromatic N) is 2. The normalized spacial score (nSPS) is 15.9. The Labute approximate surface area is 161 Å². The van der Waals surface area contributed by atoms with E-state index in [0.29, 0.717) is 5.69 Å². The fourth-order valence-corrected chi connectivity index (χ4v) is 3.56. The maximum atomic E-state index is 13.2. The van der Waals surface area contributed by atoms with E-state index in [1.807, 2.05) is 24.3 Å². The summed E-state index contributed by atoms with van der Waals surface area (Å²) in [5.74, 6) is 0.405. The standard InChI is InChI=1S/C20H19ClFN3O2/c21-15-11-14(5-6-16(15)22)23-19(26)12-25-9-7-13(8-10-25)20-24-17-3-1-2-4-18(17)27-20/h1-6,11,13H,7-10,12H2,(H,23,26). The second-order valence-corrected chi connectivity index (χ2v) is 7.15. The van der Waals surface area contributed by atoms with Gasteiger partial charge in [-0.15, -0.1) is 0 Å². The van der Waals surface area contributed by atoms with E-state index in [9.17, 15) is 9.18 Å². The summed E-state index contributed by atoms with van der Waals surface area (Å²) in [6.45, 7) is 1.87. The quantitative estimate of drug-likeness (QED) is 0.719. The van der Waals surface area contributed by atoms with E-state index in [4.69, 9.17) is 16.0 Å². The van der Waals surface area contributed by atoms with Crippen molar-refractivity contribution in [2.45, 2.75) is 18.8 Å². The van der Waals surface area contributed by atoms with E-state index in [2.05, 4.69) is 15.2 Å². The maximum absolute atomic E-state index is 13.2. The fraction of sp³-hybridized carbons (Fsp3) is 0.300. The number of aromatic nitrogens is 1. The summed E-state index contributed by atoms with van der Waals surface area (Å²) in [7, 11) is 0. The Bertz CT molecular complexity index is 934. The lowest BCUT2D eigenvalue weighted by molar-refractivity contribution is -0.117. The molecular weight excluding hydrogens is 369 g/mol. The van der Waals surface area contributed by atoms with Crippen molar-refractivity contribution in [2.24, 2.45) is 0 Å². The Morgan fingerprint density at radius 3 is 2.78 bits per heavy atom. The summed E-state index contributed by atoms with van der Waals surface area (Å²) >= 11 is 5.74. The minimum atomic E-state index is -0.504. The summed E-state index contributed by atoms with van der Waals surface area (Å²) in [6.07, 6.45) is 1.78. The van der Waals surface area contributed by atoms with Crippen LogP contribution in [0.25, 0.3) is 11.1 Å². The fourth-order valence-electron chi connectivity index (χ4n) is 3.38. The van der Waals surface area contributed by atoms with E-state index in [1.54, 1.807) is 0 Å². The molecule has 2 heterocycles. The number of carbonyl (C=O) groups is 1. The molecular formula is C20H19ClFN3O2. The number of benzene rings is 2. The number of oxazole rings is 1. The number of nitrogens with one attached hydrogen (secondary N) is 1. The number of piperidine rings is 1. The van der Waals surface area contributed by atoms with Crippen LogP contribution in [0, 0.1) is 5.82 Å². The number of fused-ring (bicyclic) bond motifs is 1. The molecule has 0 bridgehead atoms. The third-order valence-electron chi connectivity index (χ3n) is 4.82. The Morgan fingerprint density at radius 1 is 1.26 bits per heavy atom. The average Bonchev–Trinajstić information content (AvgIpc) is 3.09. The molecule has 0 radical (unpaired) electrons. The molecule has 1 fully saturated rings. The Kier molecular flexibility index (Phi) is 5.09. The van der Waals surface area contributed by atoms with E-state index < -0.39 is 5.82 Å². The Hall–Kier alpha value is -2.44. The summed E-state index contributed by atoms with van der Waals surface area (Å²) in [5, 5.41) is 2.75. The molecule has 27 heavy (non-hydrogen) atoms. The van der Waals surface area contributed by atoms with Crippen LogP contribution in [-0.4, -0.2) is 35.4 Å². The van der Waals surface area contributed by atoms with Crippen LogP contribution in [0.5, 0.6) is 0 Å². The summed E-state index contributed by atoms with van der Waals surface area (Å²) in [5.41, 5.74) is 2.19. The van der Waals surface area contributed by atoms with Gasteiger partial charge in [0.25, 0.3) is 0 Å². The summed E-state index contributed by atoms with van der Waals surface area (Å²) in [6, 6.07) is 11.9. The van der Waals surface area contributed by atoms with Gasteiger partial charge < -0.3 is 9.73 Å². The molecule has 0 aliphatic carbocycles. The highest BCUT2D eigenvalue weighted by Gasteiger charge is 2.25. The largest absolute Gasteiger partial charge is 0.440 e. The zero-order valence-corrected chi connectivity index (χ0v) is 15.4. The molecule has 1 N–H and O–H groups in total. The molecule has 0 unspecified atom stereocenters. The lowest BCUT2D eigenvalue weighted by Crippen LogP contribution is -2.38. The van der Waals surface area contributed by atoms with E-state index in [0.717, 1.165) is 42.9 Å².